The Balaban J connectivity index is 1.87. The zero-order valence-electron chi connectivity index (χ0n) is 11.8. The van der Waals surface area contributed by atoms with Crippen molar-refractivity contribution in [3.05, 3.63) is 51.8 Å². The van der Waals surface area contributed by atoms with Crippen molar-refractivity contribution in [1.82, 2.24) is 9.78 Å². The third-order valence-electron chi connectivity index (χ3n) is 4.21. The normalized spacial score (nSPS) is 21.2. The Morgan fingerprint density at radius 2 is 2.15 bits per heavy atom. The van der Waals surface area contributed by atoms with Crippen molar-refractivity contribution in [2.24, 2.45) is 5.92 Å². The van der Waals surface area contributed by atoms with Crippen LogP contribution in [-0.2, 0) is 19.4 Å². The predicted octanol–water partition coefficient (Wildman–Crippen LogP) is 3.31. The van der Waals surface area contributed by atoms with Gasteiger partial charge in [0, 0.05) is 6.54 Å². The minimum atomic E-state index is -0.400. The van der Waals surface area contributed by atoms with Crippen LogP contribution in [0.3, 0.4) is 0 Å². The molecule has 1 aromatic carbocycles. The monoisotopic (exact) mass is 290 g/mol. The van der Waals surface area contributed by atoms with Gasteiger partial charge in [0.15, 0.2) is 0 Å². The van der Waals surface area contributed by atoms with Crippen molar-refractivity contribution < 1.29 is 5.11 Å². The van der Waals surface area contributed by atoms with E-state index in [1.807, 2.05) is 29.8 Å². The Morgan fingerprint density at radius 3 is 2.85 bits per heavy atom. The Hall–Kier alpha value is -1.32. The number of aromatic nitrogens is 2. The second-order valence-corrected chi connectivity index (χ2v) is 5.85. The number of halogens is 1. The van der Waals surface area contributed by atoms with Gasteiger partial charge in [-0.25, -0.2) is 0 Å². The number of aliphatic hydroxyl groups excluding tert-OH is 1. The maximum atomic E-state index is 10.5. The molecule has 1 aliphatic rings. The predicted molar refractivity (Wildman–Crippen MR) is 79.9 cm³/mol. The number of nitrogens with zero attached hydrogens (tertiary/aromatic N) is 2. The fraction of sp³-hybridized carbons (Fsp3) is 0.438. The molecule has 2 unspecified atom stereocenters. The van der Waals surface area contributed by atoms with Crippen LogP contribution in [0, 0.1) is 12.8 Å². The van der Waals surface area contributed by atoms with Crippen molar-refractivity contribution in [3.8, 4) is 0 Å². The lowest BCUT2D eigenvalue weighted by molar-refractivity contribution is 0.122. The molecule has 0 bridgehead atoms. The van der Waals surface area contributed by atoms with Gasteiger partial charge >= 0.3 is 0 Å². The molecule has 0 saturated heterocycles. The Morgan fingerprint density at radius 1 is 1.40 bits per heavy atom. The molecule has 3 nitrogen and oxygen atoms in total. The van der Waals surface area contributed by atoms with Gasteiger partial charge in [-0.05, 0) is 43.7 Å². The zero-order chi connectivity index (χ0) is 14.3. The maximum Gasteiger partial charge on any atom is 0.0847 e. The van der Waals surface area contributed by atoms with Gasteiger partial charge in [-0.3, -0.25) is 4.68 Å². The molecule has 2 atom stereocenters. The highest BCUT2D eigenvalue weighted by Crippen LogP contribution is 2.38. The van der Waals surface area contributed by atoms with Gasteiger partial charge in [0.1, 0.15) is 0 Å². The van der Waals surface area contributed by atoms with Crippen molar-refractivity contribution in [2.45, 2.75) is 39.3 Å². The van der Waals surface area contributed by atoms with E-state index in [1.165, 1.54) is 5.56 Å². The highest BCUT2D eigenvalue weighted by atomic mass is 35.5. The molecule has 1 heterocycles. The quantitative estimate of drug-likeness (QED) is 0.942. The number of benzene rings is 1. The summed E-state index contributed by atoms with van der Waals surface area (Å²) in [6.45, 7) is 4.79. The molecule has 0 aliphatic heterocycles. The largest absolute Gasteiger partial charge is 0.388 e. The molecule has 0 radical (unpaired) electrons. The third kappa shape index (κ3) is 2.15. The summed E-state index contributed by atoms with van der Waals surface area (Å²) in [6, 6.07) is 8.13. The molecular weight excluding hydrogens is 272 g/mol. The van der Waals surface area contributed by atoms with E-state index in [2.05, 4.69) is 18.1 Å². The SMILES string of the molecule is CCn1nc(C)c(Cl)c1CC1Cc2ccccc2C1O. The molecule has 106 valence electrons. The fourth-order valence-corrected chi connectivity index (χ4v) is 3.37. The van der Waals surface area contributed by atoms with Crippen LogP contribution in [0.2, 0.25) is 5.02 Å². The lowest BCUT2D eigenvalue weighted by atomic mass is 9.97. The van der Waals surface area contributed by atoms with Gasteiger partial charge in [0.05, 0.1) is 22.5 Å². The van der Waals surface area contributed by atoms with Gasteiger partial charge in [0.25, 0.3) is 0 Å². The van der Waals surface area contributed by atoms with Crippen LogP contribution >= 0.6 is 11.6 Å². The fourth-order valence-electron chi connectivity index (χ4n) is 3.15. The molecule has 4 heteroatoms. The summed E-state index contributed by atoms with van der Waals surface area (Å²) >= 11 is 6.37. The lowest BCUT2D eigenvalue weighted by Crippen LogP contribution is -2.14. The summed E-state index contributed by atoms with van der Waals surface area (Å²) in [5.74, 6) is 0.186. The molecule has 1 aromatic heterocycles. The minimum absolute atomic E-state index is 0.186. The van der Waals surface area contributed by atoms with E-state index >= 15 is 0 Å². The Labute approximate surface area is 124 Å². The molecule has 0 saturated carbocycles. The van der Waals surface area contributed by atoms with E-state index in [-0.39, 0.29) is 5.92 Å². The summed E-state index contributed by atoms with van der Waals surface area (Å²) in [6.07, 6.45) is 1.27. The average Bonchev–Trinajstić information content (AvgIpc) is 2.92. The van der Waals surface area contributed by atoms with E-state index < -0.39 is 6.10 Å². The smallest absolute Gasteiger partial charge is 0.0847 e. The summed E-state index contributed by atoms with van der Waals surface area (Å²) < 4.78 is 1.95. The van der Waals surface area contributed by atoms with Crippen molar-refractivity contribution in [2.75, 3.05) is 0 Å². The van der Waals surface area contributed by atoms with E-state index in [4.69, 9.17) is 11.6 Å². The Bertz CT molecular complexity index is 635. The van der Waals surface area contributed by atoms with Crippen LogP contribution in [0.4, 0.5) is 0 Å². The number of hydrogen-bond donors (Lipinski definition) is 1. The van der Waals surface area contributed by atoms with E-state index in [0.717, 1.165) is 41.4 Å². The molecule has 0 fully saturated rings. The number of aryl methyl sites for hydroxylation is 2. The topological polar surface area (TPSA) is 38.0 Å². The first-order valence-electron chi connectivity index (χ1n) is 7.09. The average molecular weight is 291 g/mol. The summed E-state index contributed by atoms with van der Waals surface area (Å²) in [5.41, 5.74) is 4.23. The molecular formula is C16H19ClN2O. The Kier molecular flexibility index (Phi) is 3.57. The molecule has 0 amide bonds. The minimum Gasteiger partial charge on any atom is -0.388 e. The van der Waals surface area contributed by atoms with Crippen LogP contribution in [-0.4, -0.2) is 14.9 Å². The van der Waals surface area contributed by atoms with Crippen LogP contribution in [0.1, 0.15) is 35.5 Å². The van der Waals surface area contributed by atoms with Crippen molar-refractivity contribution in [1.29, 1.82) is 0 Å². The van der Waals surface area contributed by atoms with E-state index in [0.29, 0.717) is 0 Å². The first-order valence-corrected chi connectivity index (χ1v) is 7.47. The summed E-state index contributed by atoms with van der Waals surface area (Å²) in [4.78, 5) is 0. The van der Waals surface area contributed by atoms with Crippen LogP contribution in [0.25, 0.3) is 0 Å². The van der Waals surface area contributed by atoms with Crippen LogP contribution in [0.5, 0.6) is 0 Å². The van der Waals surface area contributed by atoms with Crippen molar-refractivity contribution in [3.63, 3.8) is 0 Å². The lowest BCUT2D eigenvalue weighted by Gasteiger charge is -2.16. The van der Waals surface area contributed by atoms with E-state index in [9.17, 15) is 5.11 Å². The molecule has 0 spiro atoms. The molecule has 20 heavy (non-hydrogen) atoms. The second kappa shape index (κ2) is 5.23. The third-order valence-corrected chi connectivity index (χ3v) is 4.70. The molecule has 1 N–H and O–H groups in total. The standard InChI is InChI=1S/C16H19ClN2O/c1-3-19-14(15(17)10(2)18-19)9-12-8-11-6-4-5-7-13(11)16(12)20/h4-7,12,16,20H,3,8-9H2,1-2H3. The highest BCUT2D eigenvalue weighted by molar-refractivity contribution is 6.31. The number of aliphatic hydroxyl groups is 1. The number of fused-ring (bicyclic) bond motifs is 1. The summed E-state index contributed by atoms with van der Waals surface area (Å²) in [5, 5.41) is 15.7. The second-order valence-electron chi connectivity index (χ2n) is 5.47. The number of rotatable bonds is 3. The highest BCUT2D eigenvalue weighted by Gasteiger charge is 2.32. The van der Waals surface area contributed by atoms with Crippen molar-refractivity contribution >= 4 is 11.6 Å². The van der Waals surface area contributed by atoms with Crippen LogP contribution in [0.15, 0.2) is 24.3 Å². The molecule has 2 aromatic rings. The van der Waals surface area contributed by atoms with Crippen LogP contribution < -0.4 is 0 Å². The molecule has 1 aliphatic carbocycles. The van der Waals surface area contributed by atoms with Gasteiger partial charge in [-0.1, -0.05) is 35.9 Å². The van der Waals surface area contributed by atoms with Gasteiger partial charge in [0.2, 0.25) is 0 Å². The zero-order valence-corrected chi connectivity index (χ0v) is 12.6. The number of hydrogen-bond acceptors (Lipinski definition) is 2. The molecule has 3 rings (SSSR count). The van der Waals surface area contributed by atoms with Gasteiger partial charge in [-0.2, -0.15) is 5.10 Å². The first-order chi connectivity index (χ1) is 9.61. The van der Waals surface area contributed by atoms with Gasteiger partial charge in [-0.15, -0.1) is 0 Å². The van der Waals surface area contributed by atoms with Gasteiger partial charge < -0.3 is 5.11 Å². The first kappa shape index (κ1) is 13.7. The van der Waals surface area contributed by atoms with E-state index in [1.54, 1.807) is 0 Å². The maximum absolute atomic E-state index is 10.5. The summed E-state index contributed by atoms with van der Waals surface area (Å²) in [7, 11) is 0.